The van der Waals surface area contributed by atoms with Crippen LogP contribution in [0.4, 0.5) is 0 Å². The summed E-state index contributed by atoms with van der Waals surface area (Å²) in [6.07, 6.45) is 0. The van der Waals surface area contributed by atoms with Crippen molar-refractivity contribution in [2.24, 2.45) is 7.05 Å². The number of fused-ring (bicyclic) bond motifs is 3. The summed E-state index contributed by atoms with van der Waals surface area (Å²) in [7, 11) is 2.00. The first kappa shape index (κ1) is 13.1. The van der Waals surface area contributed by atoms with E-state index in [-0.39, 0.29) is 0 Å². The smallest absolute Gasteiger partial charge is 0.177 e. The third-order valence-corrected chi connectivity index (χ3v) is 4.72. The topological polar surface area (TPSA) is 31.0 Å². The summed E-state index contributed by atoms with van der Waals surface area (Å²) >= 11 is 6.99. The summed E-state index contributed by atoms with van der Waals surface area (Å²) in [6.45, 7) is 0. The normalized spacial score (nSPS) is 11.6. The largest absolute Gasteiger partial charge is 0.446 e. The summed E-state index contributed by atoms with van der Waals surface area (Å²) in [5, 5.41) is 2.30. The molecule has 104 valence electrons. The average molecular weight is 406 g/mol. The van der Waals surface area contributed by atoms with Crippen LogP contribution < -0.4 is 0 Å². The van der Waals surface area contributed by atoms with Crippen molar-refractivity contribution in [2.75, 3.05) is 0 Å². The zero-order valence-corrected chi connectivity index (χ0v) is 14.3. The Bertz CT molecular complexity index is 985. The molecule has 4 rings (SSSR count). The van der Waals surface area contributed by atoms with Gasteiger partial charge in [0.15, 0.2) is 16.3 Å². The summed E-state index contributed by atoms with van der Waals surface area (Å²) in [5.74, 6) is 1.57. The summed E-state index contributed by atoms with van der Waals surface area (Å²) < 4.78 is 9.47. The van der Waals surface area contributed by atoms with Crippen molar-refractivity contribution in [3.8, 4) is 11.6 Å². The van der Waals surface area contributed by atoms with Crippen LogP contribution in [0.25, 0.3) is 33.4 Å². The molecular weight excluding hydrogens is 396 g/mol. The van der Waals surface area contributed by atoms with Crippen LogP contribution in [0.2, 0.25) is 0 Å². The highest BCUT2D eigenvalue weighted by atomic mass is 79.9. The zero-order chi connectivity index (χ0) is 14.6. The van der Waals surface area contributed by atoms with Gasteiger partial charge in [-0.25, -0.2) is 4.98 Å². The number of halogens is 2. The predicted molar refractivity (Wildman–Crippen MR) is 91.3 cm³/mol. The van der Waals surface area contributed by atoms with E-state index >= 15 is 0 Å². The standard InChI is InChI=1S/C16H10Br2N2O/c1-20-12-8-11(17)9-4-2-3-5-10(9)15(12)19-16(20)13-6-7-14(18)21-13/h2-8H,1H3. The Kier molecular flexibility index (Phi) is 2.94. The number of hydrogen-bond acceptors (Lipinski definition) is 2. The van der Waals surface area contributed by atoms with Gasteiger partial charge >= 0.3 is 0 Å². The summed E-state index contributed by atoms with van der Waals surface area (Å²) in [5.41, 5.74) is 2.06. The Balaban J connectivity index is 2.12. The number of aryl methyl sites for hydroxylation is 1. The molecule has 0 aliphatic carbocycles. The molecule has 0 spiro atoms. The lowest BCUT2D eigenvalue weighted by molar-refractivity contribution is 0.549. The monoisotopic (exact) mass is 404 g/mol. The second-order valence-corrected chi connectivity index (χ2v) is 6.51. The highest BCUT2D eigenvalue weighted by Crippen LogP contribution is 2.34. The van der Waals surface area contributed by atoms with Crippen molar-refractivity contribution in [2.45, 2.75) is 0 Å². The molecular formula is C16H10Br2N2O. The van der Waals surface area contributed by atoms with Crippen molar-refractivity contribution in [3.63, 3.8) is 0 Å². The lowest BCUT2D eigenvalue weighted by atomic mass is 10.1. The van der Waals surface area contributed by atoms with Gasteiger partial charge in [-0.1, -0.05) is 40.2 Å². The minimum Gasteiger partial charge on any atom is -0.446 e. The fraction of sp³-hybridized carbons (Fsp3) is 0.0625. The van der Waals surface area contributed by atoms with E-state index in [4.69, 9.17) is 9.40 Å². The molecule has 0 aliphatic rings. The first-order valence-electron chi connectivity index (χ1n) is 6.44. The molecule has 2 aromatic heterocycles. The van der Waals surface area contributed by atoms with E-state index in [0.29, 0.717) is 4.67 Å². The molecule has 0 saturated heterocycles. The SMILES string of the molecule is Cn1c(-c2ccc(Br)o2)nc2c3ccccc3c(Br)cc21. The van der Waals surface area contributed by atoms with Crippen LogP contribution in [-0.4, -0.2) is 9.55 Å². The van der Waals surface area contributed by atoms with Gasteiger partial charge in [0.2, 0.25) is 0 Å². The molecule has 4 aromatic rings. The lowest BCUT2D eigenvalue weighted by Gasteiger charge is -2.03. The van der Waals surface area contributed by atoms with Gasteiger partial charge in [-0.05, 0) is 39.5 Å². The zero-order valence-electron chi connectivity index (χ0n) is 11.1. The maximum atomic E-state index is 5.64. The molecule has 5 heteroatoms. The molecule has 0 bridgehead atoms. The van der Waals surface area contributed by atoms with Crippen LogP contribution in [0.15, 0.2) is 56.0 Å². The predicted octanol–water partition coefficient (Wildman–Crippen LogP) is 5.51. The highest BCUT2D eigenvalue weighted by molar-refractivity contribution is 9.10. The molecule has 0 unspecified atom stereocenters. The van der Waals surface area contributed by atoms with Crippen LogP contribution in [0.1, 0.15) is 0 Å². The van der Waals surface area contributed by atoms with E-state index < -0.39 is 0 Å². The van der Waals surface area contributed by atoms with Crippen molar-refractivity contribution in [1.29, 1.82) is 0 Å². The van der Waals surface area contributed by atoms with E-state index in [1.165, 1.54) is 0 Å². The van der Waals surface area contributed by atoms with Gasteiger partial charge in [0, 0.05) is 16.9 Å². The number of hydrogen-bond donors (Lipinski definition) is 0. The second kappa shape index (κ2) is 4.71. The van der Waals surface area contributed by atoms with Gasteiger partial charge in [-0.3, -0.25) is 0 Å². The molecule has 21 heavy (non-hydrogen) atoms. The number of aromatic nitrogens is 2. The molecule has 2 heterocycles. The van der Waals surface area contributed by atoms with Gasteiger partial charge in [0.1, 0.15) is 0 Å². The van der Waals surface area contributed by atoms with Gasteiger partial charge in [-0.15, -0.1) is 0 Å². The summed E-state index contributed by atoms with van der Waals surface area (Å²) in [6, 6.07) is 14.2. The number of benzene rings is 2. The minimum absolute atomic E-state index is 0.704. The van der Waals surface area contributed by atoms with Crippen molar-refractivity contribution < 1.29 is 4.42 Å². The molecule has 0 saturated carbocycles. The third-order valence-electron chi connectivity index (χ3n) is 3.64. The number of nitrogens with zero attached hydrogens (tertiary/aromatic N) is 2. The Labute approximate surface area is 137 Å². The van der Waals surface area contributed by atoms with Crippen LogP contribution in [0.5, 0.6) is 0 Å². The Morgan fingerprint density at radius 1 is 1.05 bits per heavy atom. The van der Waals surface area contributed by atoms with E-state index in [2.05, 4.69) is 54.6 Å². The van der Waals surface area contributed by atoms with E-state index in [0.717, 1.165) is 37.9 Å². The molecule has 0 fully saturated rings. The number of rotatable bonds is 1. The Morgan fingerprint density at radius 3 is 2.52 bits per heavy atom. The van der Waals surface area contributed by atoms with Crippen LogP contribution in [0, 0.1) is 0 Å². The summed E-state index contributed by atoms with van der Waals surface area (Å²) in [4.78, 5) is 4.79. The van der Waals surface area contributed by atoms with Gasteiger partial charge in [0.05, 0.1) is 11.0 Å². The Morgan fingerprint density at radius 2 is 1.81 bits per heavy atom. The van der Waals surface area contributed by atoms with Gasteiger partial charge in [-0.2, -0.15) is 0 Å². The molecule has 0 amide bonds. The third kappa shape index (κ3) is 1.95. The molecule has 0 radical (unpaired) electrons. The average Bonchev–Trinajstić information content (AvgIpc) is 3.04. The van der Waals surface area contributed by atoms with Gasteiger partial charge < -0.3 is 8.98 Å². The fourth-order valence-corrected chi connectivity index (χ4v) is 3.49. The molecule has 0 aliphatic heterocycles. The lowest BCUT2D eigenvalue weighted by Crippen LogP contribution is -1.91. The van der Waals surface area contributed by atoms with E-state index in [1.807, 2.05) is 31.3 Å². The number of furan rings is 1. The van der Waals surface area contributed by atoms with Crippen molar-refractivity contribution >= 4 is 53.7 Å². The second-order valence-electron chi connectivity index (χ2n) is 4.87. The quantitative estimate of drug-likeness (QED) is 0.418. The van der Waals surface area contributed by atoms with Crippen LogP contribution >= 0.6 is 31.9 Å². The Hall–Kier alpha value is -1.59. The highest BCUT2D eigenvalue weighted by Gasteiger charge is 2.16. The van der Waals surface area contributed by atoms with Crippen molar-refractivity contribution in [1.82, 2.24) is 9.55 Å². The first-order chi connectivity index (χ1) is 10.1. The van der Waals surface area contributed by atoms with Crippen molar-refractivity contribution in [3.05, 3.63) is 51.6 Å². The maximum Gasteiger partial charge on any atom is 0.177 e. The number of imidazole rings is 1. The molecule has 2 aromatic carbocycles. The molecule has 0 atom stereocenters. The maximum absolute atomic E-state index is 5.64. The fourth-order valence-electron chi connectivity index (χ4n) is 2.63. The minimum atomic E-state index is 0.704. The molecule has 0 N–H and O–H groups in total. The van der Waals surface area contributed by atoms with Gasteiger partial charge in [0.25, 0.3) is 0 Å². The molecule has 3 nitrogen and oxygen atoms in total. The van der Waals surface area contributed by atoms with Crippen LogP contribution in [-0.2, 0) is 7.05 Å². The van der Waals surface area contributed by atoms with E-state index in [1.54, 1.807) is 0 Å². The first-order valence-corrected chi connectivity index (χ1v) is 8.03. The van der Waals surface area contributed by atoms with Crippen LogP contribution in [0.3, 0.4) is 0 Å². The van der Waals surface area contributed by atoms with E-state index in [9.17, 15) is 0 Å².